The molecule has 0 radical (unpaired) electrons. The molecule has 0 amide bonds. The van der Waals surface area contributed by atoms with Crippen molar-refractivity contribution in [2.45, 2.75) is 26.1 Å². The SMILES string of the molecule is CCOc1ccccc1C1NC(c2ccc(Br)cc2)=CC(c2cccc(OCC)c2O)N1. The topological polar surface area (TPSA) is 62.8 Å². The second-order valence-corrected chi connectivity index (χ2v) is 8.32. The minimum atomic E-state index is -0.241. The zero-order valence-electron chi connectivity index (χ0n) is 18.1. The third-order valence-corrected chi connectivity index (χ3v) is 5.86. The molecule has 2 unspecified atom stereocenters. The molecule has 3 aromatic rings. The van der Waals surface area contributed by atoms with Crippen molar-refractivity contribution >= 4 is 21.6 Å². The molecule has 0 bridgehead atoms. The first-order valence-corrected chi connectivity index (χ1v) is 11.6. The van der Waals surface area contributed by atoms with E-state index in [0.29, 0.717) is 19.0 Å². The van der Waals surface area contributed by atoms with E-state index in [9.17, 15) is 5.11 Å². The van der Waals surface area contributed by atoms with Gasteiger partial charge in [-0.1, -0.05) is 58.4 Å². The lowest BCUT2D eigenvalue weighted by atomic mass is 9.97. The average Bonchev–Trinajstić information content (AvgIpc) is 2.81. The Morgan fingerprint density at radius 1 is 0.844 bits per heavy atom. The Hall–Kier alpha value is -2.96. The lowest BCUT2D eigenvalue weighted by molar-refractivity contribution is 0.312. The number of benzene rings is 3. The van der Waals surface area contributed by atoms with Crippen LogP contribution < -0.4 is 20.1 Å². The molecule has 5 nitrogen and oxygen atoms in total. The number of phenolic OH excluding ortho intramolecular Hbond substituents is 1. The zero-order valence-corrected chi connectivity index (χ0v) is 19.7. The number of hydrogen-bond donors (Lipinski definition) is 3. The highest BCUT2D eigenvalue weighted by Gasteiger charge is 2.28. The predicted molar refractivity (Wildman–Crippen MR) is 131 cm³/mol. The summed E-state index contributed by atoms with van der Waals surface area (Å²) in [6.45, 7) is 4.95. The van der Waals surface area contributed by atoms with Gasteiger partial charge in [-0.2, -0.15) is 0 Å². The van der Waals surface area contributed by atoms with Crippen LogP contribution in [0.15, 0.2) is 77.3 Å². The van der Waals surface area contributed by atoms with E-state index in [2.05, 4.69) is 44.8 Å². The van der Waals surface area contributed by atoms with Crippen LogP contribution in [0.4, 0.5) is 0 Å². The van der Waals surface area contributed by atoms with Crippen molar-refractivity contribution < 1.29 is 14.6 Å². The van der Waals surface area contributed by atoms with Crippen LogP contribution in [0.1, 0.15) is 42.7 Å². The fourth-order valence-electron chi connectivity index (χ4n) is 3.86. The van der Waals surface area contributed by atoms with Crippen LogP contribution in [0.5, 0.6) is 17.2 Å². The number of halogens is 1. The standard InChI is InChI=1S/C26H27BrN2O3/c1-3-31-23-10-6-5-8-20(23)26-28-21(17-12-14-18(27)15-13-17)16-22(29-26)19-9-7-11-24(25(19)30)32-4-2/h5-16,22,26,28-30H,3-4H2,1-2H3. The van der Waals surface area contributed by atoms with Crippen LogP contribution in [-0.4, -0.2) is 18.3 Å². The van der Waals surface area contributed by atoms with E-state index in [4.69, 9.17) is 9.47 Å². The number of aromatic hydroxyl groups is 1. The van der Waals surface area contributed by atoms with Gasteiger partial charge in [0.05, 0.1) is 19.3 Å². The maximum atomic E-state index is 10.9. The minimum Gasteiger partial charge on any atom is -0.504 e. The first kappa shape index (κ1) is 22.2. The van der Waals surface area contributed by atoms with Gasteiger partial charge < -0.3 is 19.9 Å². The molecule has 0 saturated heterocycles. The van der Waals surface area contributed by atoms with E-state index in [0.717, 1.165) is 32.6 Å². The highest BCUT2D eigenvalue weighted by molar-refractivity contribution is 9.10. The van der Waals surface area contributed by atoms with Crippen molar-refractivity contribution in [3.8, 4) is 17.2 Å². The van der Waals surface area contributed by atoms with Crippen LogP contribution in [0.25, 0.3) is 5.70 Å². The van der Waals surface area contributed by atoms with Gasteiger partial charge in [0.15, 0.2) is 11.5 Å². The maximum absolute atomic E-state index is 10.9. The van der Waals surface area contributed by atoms with E-state index in [1.54, 1.807) is 6.07 Å². The normalized spacial score (nSPS) is 17.9. The first-order valence-electron chi connectivity index (χ1n) is 10.8. The van der Waals surface area contributed by atoms with E-state index in [1.165, 1.54) is 0 Å². The summed E-state index contributed by atoms with van der Waals surface area (Å²) < 4.78 is 12.5. The maximum Gasteiger partial charge on any atom is 0.162 e. The van der Waals surface area contributed by atoms with Crippen molar-refractivity contribution in [1.29, 1.82) is 0 Å². The lowest BCUT2D eigenvalue weighted by Crippen LogP contribution is -2.39. The number of rotatable bonds is 7. The van der Waals surface area contributed by atoms with Crippen molar-refractivity contribution in [2.75, 3.05) is 13.2 Å². The van der Waals surface area contributed by atoms with Crippen molar-refractivity contribution in [3.63, 3.8) is 0 Å². The molecule has 166 valence electrons. The molecule has 6 heteroatoms. The Morgan fingerprint density at radius 2 is 1.50 bits per heavy atom. The Bertz CT molecular complexity index is 1100. The van der Waals surface area contributed by atoms with Gasteiger partial charge in [0.25, 0.3) is 0 Å². The number of para-hydroxylation sites is 2. The van der Waals surface area contributed by atoms with Crippen LogP contribution in [-0.2, 0) is 0 Å². The molecule has 1 aliphatic rings. The quantitative estimate of drug-likeness (QED) is 0.380. The molecule has 4 rings (SSSR count). The molecule has 1 heterocycles. The van der Waals surface area contributed by atoms with Crippen molar-refractivity contribution in [2.24, 2.45) is 0 Å². The van der Waals surface area contributed by atoms with E-state index >= 15 is 0 Å². The summed E-state index contributed by atoms with van der Waals surface area (Å²) in [5, 5.41) is 18.1. The molecule has 0 saturated carbocycles. The molecule has 0 aliphatic carbocycles. The van der Waals surface area contributed by atoms with Gasteiger partial charge in [0.2, 0.25) is 0 Å². The largest absolute Gasteiger partial charge is 0.504 e. The van der Waals surface area contributed by atoms with Crippen molar-refractivity contribution in [1.82, 2.24) is 10.6 Å². The predicted octanol–water partition coefficient (Wildman–Crippen LogP) is 5.93. The Labute approximate surface area is 197 Å². The Kier molecular flexibility index (Phi) is 7.02. The van der Waals surface area contributed by atoms with Gasteiger partial charge in [0.1, 0.15) is 11.9 Å². The molecule has 32 heavy (non-hydrogen) atoms. The molecule has 1 aliphatic heterocycles. The van der Waals surface area contributed by atoms with Crippen molar-refractivity contribution in [3.05, 3.63) is 94.0 Å². The molecular weight excluding hydrogens is 468 g/mol. The summed E-state index contributed by atoms with van der Waals surface area (Å²) >= 11 is 3.51. The van der Waals surface area contributed by atoms with Crippen LogP contribution in [0.2, 0.25) is 0 Å². The lowest BCUT2D eigenvalue weighted by Gasteiger charge is -2.34. The third-order valence-electron chi connectivity index (χ3n) is 5.33. The molecule has 2 atom stereocenters. The number of phenols is 1. The minimum absolute atomic E-state index is 0.150. The average molecular weight is 495 g/mol. The van der Waals surface area contributed by atoms with E-state index < -0.39 is 0 Å². The van der Waals surface area contributed by atoms with Crippen LogP contribution in [0, 0.1) is 0 Å². The number of hydrogen-bond acceptors (Lipinski definition) is 5. The van der Waals surface area contributed by atoms with Crippen LogP contribution in [0.3, 0.4) is 0 Å². The van der Waals surface area contributed by atoms with Gasteiger partial charge in [-0.15, -0.1) is 0 Å². The summed E-state index contributed by atoms with van der Waals surface area (Å²) in [4.78, 5) is 0. The molecule has 0 aromatic heterocycles. The summed E-state index contributed by atoms with van der Waals surface area (Å²) in [6.07, 6.45) is 1.87. The molecule has 0 spiro atoms. The van der Waals surface area contributed by atoms with Gasteiger partial charge in [-0.3, -0.25) is 5.32 Å². The zero-order chi connectivity index (χ0) is 22.5. The summed E-state index contributed by atoms with van der Waals surface area (Å²) in [5.41, 5.74) is 3.78. The number of ether oxygens (including phenoxy) is 2. The highest BCUT2D eigenvalue weighted by Crippen LogP contribution is 2.39. The van der Waals surface area contributed by atoms with Gasteiger partial charge in [-0.25, -0.2) is 0 Å². The first-order chi connectivity index (χ1) is 15.6. The van der Waals surface area contributed by atoms with Gasteiger partial charge in [-0.05, 0) is 49.8 Å². The summed E-state index contributed by atoms with van der Waals surface area (Å²) in [5.74, 6) is 1.45. The monoisotopic (exact) mass is 494 g/mol. The fraction of sp³-hybridized carbons (Fsp3) is 0.231. The Balaban J connectivity index is 1.78. The summed E-state index contributed by atoms with van der Waals surface area (Å²) in [6, 6.07) is 21.5. The fourth-order valence-corrected chi connectivity index (χ4v) is 4.13. The highest BCUT2D eigenvalue weighted by atomic mass is 79.9. The molecular formula is C26H27BrN2O3. The smallest absolute Gasteiger partial charge is 0.162 e. The van der Waals surface area contributed by atoms with Crippen LogP contribution >= 0.6 is 15.9 Å². The second kappa shape index (κ2) is 10.1. The molecule has 3 N–H and O–H groups in total. The van der Waals surface area contributed by atoms with Gasteiger partial charge >= 0.3 is 0 Å². The number of nitrogens with one attached hydrogen (secondary N) is 2. The summed E-state index contributed by atoms with van der Waals surface area (Å²) in [7, 11) is 0. The van der Waals surface area contributed by atoms with E-state index in [-0.39, 0.29) is 18.0 Å². The van der Waals surface area contributed by atoms with Gasteiger partial charge in [0, 0.05) is 21.3 Å². The molecule has 0 fully saturated rings. The van der Waals surface area contributed by atoms with E-state index in [1.807, 2.05) is 62.4 Å². The molecule has 3 aromatic carbocycles. The second-order valence-electron chi connectivity index (χ2n) is 7.41. The Morgan fingerprint density at radius 3 is 2.25 bits per heavy atom. The third kappa shape index (κ3) is 4.76.